The molecule has 0 saturated heterocycles. The van der Waals surface area contributed by atoms with Crippen molar-refractivity contribution in [2.45, 2.75) is 13.0 Å². The summed E-state index contributed by atoms with van der Waals surface area (Å²) in [5.74, 6) is 0.0928. The summed E-state index contributed by atoms with van der Waals surface area (Å²) in [6.45, 7) is 1.48. The number of carboxylic acid groups (broad SMARTS) is 1. The number of carbonyl (C=O) groups is 1. The largest absolute Gasteiger partial charge is 0.479 e. The first kappa shape index (κ1) is 12.6. The number of ether oxygens (including phenoxy) is 1. The minimum atomic E-state index is -1.01. The molecule has 1 atom stereocenters. The molecule has 0 amide bonds. The third-order valence-corrected chi connectivity index (χ3v) is 2.84. The number of nitrogens with zero attached hydrogens (tertiary/aromatic N) is 1. The van der Waals surface area contributed by atoms with Gasteiger partial charge in [0, 0.05) is 16.9 Å². The standard InChI is InChI=1S/C12H11BrN2O3/c1-7(12(16)17)18-10-3-2-8(13)6-9(10)11-14-4-5-15-11/h2-7H,1H3,(H,14,15)(H,16,17). The average Bonchev–Trinajstić information content (AvgIpc) is 2.84. The molecular weight excluding hydrogens is 300 g/mol. The topological polar surface area (TPSA) is 75.2 Å². The van der Waals surface area contributed by atoms with Gasteiger partial charge in [-0.05, 0) is 25.1 Å². The van der Waals surface area contributed by atoms with Gasteiger partial charge in [-0.1, -0.05) is 15.9 Å². The van der Waals surface area contributed by atoms with E-state index in [9.17, 15) is 4.79 Å². The number of aliphatic carboxylic acids is 1. The summed E-state index contributed by atoms with van der Waals surface area (Å²) in [7, 11) is 0. The maximum Gasteiger partial charge on any atom is 0.344 e. The van der Waals surface area contributed by atoms with Gasteiger partial charge in [-0.3, -0.25) is 0 Å². The number of imidazole rings is 1. The summed E-state index contributed by atoms with van der Waals surface area (Å²) < 4.78 is 6.27. The molecule has 0 aliphatic rings. The Morgan fingerprint density at radius 2 is 2.33 bits per heavy atom. The molecule has 5 nitrogen and oxygen atoms in total. The highest BCUT2D eigenvalue weighted by atomic mass is 79.9. The second kappa shape index (κ2) is 5.22. The first-order chi connectivity index (χ1) is 8.58. The van der Waals surface area contributed by atoms with E-state index < -0.39 is 12.1 Å². The Balaban J connectivity index is 2.38. The maximum absolute atomic E-state index is 10.8. The zero-order valence-corrected chi connectivity index (χ0v) is 11.1. The Morgan fingerprint density at radius 1 is 1.56 bits per heavy atom. The number of rotatable bonds is 4. The molecule has 18 heavy (non-hydrogen) atoms. The van der Waals surface area contributed by atoms with Gasteiger partial charge in [0.15, 0.2) is 6.10 Å². The summed E-state index contributed by atoms with van der Waals surface area (Å²) in [6.07, 6.45) is 2.40. The molecule has 0 bridgehead atoms. The van der Waals surface area contributed by atoms with Gasteiger partial charge >= 0.3 is 5.97 Å². The van der Waals surface area contributed by atoms with Gasteiger partial charge in [-0.15, -0.1) is 0 Å². The van der Waals surface area contributed by atoms with Gasteiger partial charge in [0.05, 0.1) is 5.56 Å². The van der Waals surface area contributed by atoms with Crippen LogP contribution < -0.4 is 4.74 Å². The monoisotopic (exact) mass is 310 g/mol. The highest BCUT2D eigenvalue weighted by Gasteiger charge is 2.16. The number of aromatic nitrogens is 2. The fourth-order valence-corrected chi connectivity index (χ4v) is 1.80. The van der Waals surface area contributed by atoms with E-state index in [0.717, 1.165) is 4.47 Å². The van der Waals surface area contributed by atoms with Crippen molar-refractivity contribution in [1.82, 2.24) is 9.97 Å². The van der Waals surface area contributed by atoms with Crippen LogP contribution in [-0.2, 0) is 4.79 Å². The second-order valence-electron chi connectivity index (χ2n) is 3.68. The highest BCUT2D eigenvalue weighted by Crippen LogP contribution is 2.31. The van der Waals surface area contributed by atoms with Crippen LogP contribution >= 0.6 is 15.9 Å². The smallest absolute Gasteiger partial charge is 0.344 e. The van der Waals surface area contributed by atoms with Crippen LogP contribution in [0.3, 0.4) is 0 Å². The molecule has 0 spiro atoms. The van der Waals surface area contributed by atoms with Gasteiger partial charge in [0.2, 0.25) is 0 Å². The van der Waals surface area contributed by atoms with Crippen LogP contribution in [0.2, 0.25) is 0 Å². The average molecular weight is 311 g/mol. The molecule has 1 aromatic carbocycles. The van der Waals surface area contributed by atoms with Crippen molar-refractivity contribution >= 4 is 21.9 Å². The molecule has 0 saturated carbocycles. The number of benzene rings is 1. The molecule has 6 heteroatoms. The fourth-order valence-electron chi connectivity index (χ4n) is 1.44. The molecule has 94 valence electrons. The lowest BCUT2D eigenvalue weighted by Gasteiger charge is -2.13. The molecule has 0 aliphatic carbocycles. The molecule has 0 radical (unpaired) electrons. The van der Waals surface area contributed by atoms with Crippen molar-refractivity contribution in [1.29, 1.82) is 0 Å². The minimum absolute atomic E-state index is 0.475. The molecule has 1 unspecified atom stereocenters. The predicted molar refractivity (Wildman–Crippen MR) is 69.4 cm³/mol. The van der Waals surface area contributed by atoms with E-state index in [1.54, 1.807) is 24.5 Å². The zero-order chi connectivity index (χ0) is 13.1. The summed E-state index contributed by atoms with van der Waals surface area (Å²) in [4.78, 5) is 17.9. The normalized spacial score (nSPS) is 12.1. The maximum atomic E-state index is 10.8. The lowest BCUT2D eigenvalue weighted by Crippen LogP contribution is -2.23. The number of halogens is 1. The number of hydrogen-bond acceptors (Lipinski definition) is 3. The van der Waals surface area contributed by atoms with Gasteiger partial charge in [0.1, 0.15) is 11.6 Å². The van der Waals surface area contributed by atoms with Crippen molar-refractivity contribution < 1.29 is 14.6 Å². The molecule has 2 rings (SSSR count). The Hall–Kier alpha value is -1.82. The van der Waals surface area contributed by atoms with E-state index in [-0.39, 0.29) is 0 Å². The fraction of sp³-hybridized carbons (Fsp3) is 0.167. The molecule has 0 aliphatic heterocycles. The molecule has 1 aromatic heterocycles. The van der Waals surface area contributed by atoms with E-state index in [2.05, 4.69) is 25.9 Å². The third kappa shape index (κ3) is 2.70. The van der Waals surface area contributed by atoms with E-state index in [0.29, 0.717) is 17.1 Å². The quantitative estimate of drug-likeness (QED) is 0.910. The number of aromatic amines is 1. The Morgan fingerprint density at radius 3 is 2.94 bits per heavy atom. The first-order valence-electron chi connectivity index (χ1n) is 5.26. The van der Waals surface area contributed by atoms with Crippen molar-refractivity contribution in [3.05, 3.63) is 35.1 Å². The van der Waals surface area contributed by atoms with Crippen molar-refractivity contribution in [3.8, 4) is 17.1 Å². The van der Waals surface area contributed by atoms with Crippen LogP contribution in [0.5, 0.6) is 5.75 Å². The number of hydrogen-bond donors (Lipinski definition) is 2. The lowest BCUT2D eigenvalue weighted by molar-refractivity contribution is -0.144. The molecule has 0 fully saturated rings. The van der Waals surface area contributed by atoms with Crippen molar-refractivity contribution in [2.24, 2.45) is 0 Å². The number of nitrogens with one attached hydrogen (secondary N) is 1. The van der Waals surface area contributed by atoms with Crippen LogP contribution in [0.15, 0.2) is 35.1 Å². The summed E-state index contributed by atoms with van der Waals surface area (Å²) >= 11 is 3.36. The summed E-state index contributed by atoms with van der Waals surface area (Å²) in [5.41, 5.74) is 0.711. The van der Waals surface area contributed by atoms with E-state index in [4.69, 9.17) is 9.84 Å². The summed E-state index contributed by atoms with van der Waals surface area (Å²) in [5, 5.41) is 8.86. The molecule has 2 N–H and O–H groups in total. The predicted octanol–water partition coefficient (Wildman–Crippen LogP) is 2.69. The number of H-pyrrole nitrogens is 1. The van der Waals surface area contributed by atoms with Crippen molar-refractivity contribution in [3.63, 3.8) is 0 Å². The SMILES string of the molecule is CC(Oc1ccc(Br)cc1-c1ncc[nH]1)C(=O)O. The van der Waals surface area contributed by atoms with Crippen LogP contribution in [0.25, 0.3) is 11.4 Å². The van der Waals surface area contributed by atoms with E-state index >= 15 is 0 Å². The van der Waals surface area contributed by atoms with E-state index in [1.807, 2.05) is 6.07 Å². The van der Waals surface area contributed by atoms with Crippen LogP contribution in [0.1, 0.15) is 6.92 Å². The van der Waals surface area contributed by atoms with Gasteiger partial charge in [-0.2, -0.15) is 0 Å². The second-order valence-corrected chi connectivity index (χ2v) is 4.59. The minimum Gasteiger partial charge on any atom is -0.479 e. The Kier molecular flexibility index (Phi) is 3.66. The van der Waals surface area contributed by atoms with Gasteiger partial charge in [-0.25, -0.2) is 9.78 Å². The lowest BCUT2D eigenvalue weighted by atomic mass is 10.2. The Labute approximate surface area is 112 Å². The van der Waals surface area contributed by atoms with Gasteiger partial charge in [0.25, 0.3) is 0 Å². The summed E-state index contributed by atoms with van der Waals surface area (Å²) in [6, 6.07) is 5.32. The van der Waals surface area contributed by atoms with Crippen LogP contribution in [0, 0.1) is 0 Å². The first-order valence-corrected chi connectivity index (χ1v) is 6.06. The number of carboxylic acids is 1. The van der Waals surface area contributed by atoms with Gasteiger partial charge < -0.3 is 14.8 Å². The van der Waals surface area contributed by atoms with Crippen LogP contribution in [-0.4, -0.2) is 27.1 Å². The molecule has 2 aromatic rings. The third-order valence-electron chi connectivity index (χ3n) is 2.35. The zero-order valence-electron chi connectivity index (χ0n) is 9.55. The van der Waals surface area contributed by atoms with E-state index in [1.165, 1.54) is 6.92 Å². The van der Waals surface area contributed by atoms with Crippen molar-refractivity contribution in [2.75, 3.05) is 0 Å². The molecular formula is C12H11BrN2O3. The highest BCUT2D eigenvalue weighted by molar-refractivity contribution is 9.10. The Bertz CT molecular complexity index is 554. The molecule has 1 heterocycles. The van der Waals surface area contributed by atoms with Crippen LogP contribution in [0.4, 0.5) is 0 Å².